The molecule has 212 valence electrons. The lowest BCUT2D eigenvalue weighted by molar-refractivity contribution is -0.440. The van der Waals surface area contributed by atoms with E-state index in [9.17, 15) is 66.7 Å². The Labute approximate surface area is 197 Å². The third-order valence-corrected chi connectivity index (χ3v) is 4.47. The Morgan fingerprint density at radius 2 is 1.08 bits per heavy atom. The number of ether oxygens (including phenoxy) is 1. The van der Waals surface area contributed by atoms with Crippen LogP contribution in [-0.2, 0) is 16.1 Å². The number of alkyl halides is 13. The van der Waals surface area contributed by atoms with Crippen molar-refractivity contribution < 1.29 is 81.6 Å². The fourth-order valence-electron chi connectivity index (χ4n) is 2.57. The molecule has 0 fully saturated rings. The highest BCUT2D eigenvalue weighted by atomic mass is 19.4. The van der Waals surface area contributed by atoms with Crippen LogP contribution in [0.4, 0.5) is 57.1 Å². The van der Waals surface area contributed by atoms with Gasteiger partial charge in [-0.05, 0) is 17.7 Å². The predicted octanol–water partition coefficient (Wildman–Crippen LogP) is 4.78. The molecule has 0 aliphatic carbocycles. The number of carboxylic acid groups (broad SMARTS) is 2. The molecule has 1 rings (SSSR count). The molecule has 19 heteroatoms. The van der Waals surface area contributed by atoms with E-state index >= 15 is 0 Å². The van der Waals surface area contributed by atoms with Crippen LogP contribution in [0.1, 0.15) is 5.56 Å². The Balaban J connectivity index is 3.07. The fourth-order valence-corrected chi connectivity index (χ4v) is 2.57. The first-order chi connectivity index (χ1) is 16.4. The molecule has 1 aromatic carbocycles. The van der Waals surface area contributed by atoms with Gasteiger partial charge in [0, 0.05) is 6.54 Å². The number of benzene rings is 1. The highest BCUT2D eigenvalue weighted by molar-refractivity contribution is 5.72. The smallest absolute Gasteiger partial charge is 0.460 e. The summed E-state index contributed by atoms with van der Waals surface area (Å²) in [6.07, 6.45) is -7.51. The number of carbonyl (C=O) groups is 2. The minimum absolute atomic E-state index is 0.0903. The van der Waals surface area contributed by atoms with E-state index in [1.54, 1.807) is 0 Å². The SMILES string of the molecule is O=C(O)CN(CC(=O)O)Cc1ccc(OCC(F)(F)C(F)(F)C(F)(F)C(F)(F)C(F)(F)C(F)(F)F)cc1. The molecule has 6 nitrogen and oxygen atoms in total. The lowest BCUT2D eigenvalue weighted by Crippen LogP contribution is -2.70. The Bertz CT molecular complexity index is 948. The minimum Gasteiger partial charge on any atom is -0.487 e. The minimum atomic E-state index is -8.01. The maximum absolute atomic E-state index is 13.8. The van der Waals surface area contributed by atoms with Crippen LogP contribution in [0.3, 0.4) is 0 Å². The highest BCUT2D eigenvalue weighted by Gasteiger charge is 2.90. The molecule has 0 unspecified atom stereocenters. The van der Waals surface area contributed by atoms with Crippen molar-refractivity contribution >= 4 is 11.9 Å². The van der Waals surface area contributed by atoms with E-state index in [2.05, 4.69) is 4.74 Å². The Morgan fingerprint density at radius 1 is 0.676 bits per heavy atom. The second kappa shape index (κ2) is 10.4. The summed E-state index contributed by atoms with van der Waals surface area (Å²) in [6.45, 7) is -4.79. The predicted molar refractivity (Wildman–Crippen MR) is 93.3 cm³/mol. The van der Waals surface area contributed by atoms with Gasteiger partial charge in [-0.15, -0.1) is 0 Å². The average Bonchev–Trinajstić information content (AvgIpc) is 2.70. The molecule has 0 saturated carbocycles. The molecule has 0 heterocycles. The van der Waals surface area contributed by atoms with E-state index in [1.807, 2.05) is 0 Å². The third kappa shape index (κ3) is 6.48. The fraction of sp³-hybridized carbons (Fsp3) is 0.556. The first-order valence-electron chi connectivity index (χ1n) is 9.24. The van der Waals surface area contributed by atoms with Gasteiger partial charge in [-0.2, -0.15) is 57.1 Å². The lowest BCUT2D eigenvalue weighted by Gasteiger charge is -2.39. The first-order valence-corrected chi connectivity index (χ1v) is 9.24. The second-order valence-corrected chi connectivity index (χ2v) is 7.37. The topological polar surface area (TPSA) is 87.1 Å². The van der Waals surface area contributed by atoms with Crippen molar-refractivity contribution in [3.8, 4) is 5.75 Å². The van der Waals surface area contributed by atoms with Crippen LogP contribution in [0.5, 0.6) is 5.75 Å². The van der Waals surface area contributed by atoms with Crippen molar-refractivity contribution in [3.63, 3.8) is 0 Å². The molecule has 0 saturated heterocycles. The number of carboxylic acids is 2. The van der Waals surface area contributed by atoms with Gasteiger partial charge in [0.1, 0.15) is 5.75 Å². The monoisotopic (exact) mass is 571 g/mol. The molecule has 0 aliphatic heterocycles. The first kappa shape index (κ1) is 32.0. The van der Waals surface area contributed by atoms with Crippen molar-refractivity contribution in [3.05, 3.63) is 29.8 Å². The number of halogens is 13. The molecule has 0 spiro atoms. The van der Waals surface area contributed by atoms with Crippen LogP contribution in [0.2, 0.25) is 0 Å². The number of aliphatic carboxylic acids is 2. The largest absolute Gasteiger partial charge is 0.487 e. The van der Waals surface area contributed by atoms with Gasteiger partial charge in [0.25, 0.3) is 0 Å². The van der Waals surface area contributed by atoms with E-state index in [4.69, 9.17) is 10.2 Å². The van der Waals surface area contributed by atoms with Gasteiger partial charge in [0.2, 0.25) is 0 Å². The van der Waals surface area contributed by atoms with Crippen LogP contribution in [0.25, 0.3) is 0 Å². The maximum Gasteiger partial charge on any atom is 0.460 e. The molecule has 0 amide bonds. The third-order valence-electron chi connectivity index (χ3n) is 4.47. The molecule has 37 heavy (non-hydrogen) atoms. The molecule has 0 aliphatic rings. The summed E-state index contributed by atoms with van der Waals surface area (Å²) in [5.74, 6) is -41.4. The summed E-state index contributed by atoms with van der Waals surface area (Å²) in [4.78, 5) is 22.4. The van der Waals surface area contributed by atoms with Crippen LogP contribution >= 0.6 is 0 Å². The summed E-state index contributed by atoms with van der Waals surface area (Å²) >= 11 is 0. The van der Waals surface area contributed by atoms with Crippen molar-refractivity contribution in [1.29, 1.82) is 0 Å². The summed E-state index contributed by atoms with van der Waals surface area (Å²) < 4.78 is 174. The molecule has 1 aromatic rings. The van der Waals surface area contributed by atoms with Gasteiger partial charge >= 0.3 is 47.7 Å². The normalized spacial score (nSPS) is 14.1. The number of nitrogens with zero attached hydrogens (tertiary/aromatic N) is 1. The standard InChI is InChI=1S/C18H14F13NO5/c19-13(20,14(21,22)15(23,24)16(25,26)17(27,28)18(29,30)31)8-37-10-3-1-9(2-4-10)5-32(6-11(33)34)7-12(35)36/h1-4H,5-8H2,(H,33,34)(H,35,36). The molecule has 2 N–H and O–H groups in total. The van der Waals surface area contributed by atoms with E-state index in [0.29, 0.717) is 12.1 Å². The van der Waals surface area contributed by atoms with Crippen LogP contribution in [0, 0.1) is 0 Å². The van der Waals surface area contributed by atoms with E-state index in [1.165, 1.54) is 0 Å². The zero-order chi connectivity index (χ0) is 29.3. The maximum atomic E-state index is 13.8. The molecule has 0 bridgehead atoms. The molecular formula is C18H14F13NO5. The zero-order valence-corrected chi connectivity index (χ0v) is 17.6. The quantitative estimate of drug-likeness (QED) is 0.332. The van der Waals surface area contributed by atoms with Gasteiger partial charge < -0.3 is 14.9 Å². The summed E-state index contributed by atoms with van der Waals surface area (Å²) in [6, 6.07) is 3.26. The van der Waals surface area contributed by atoms with Crippen molar-refractivity contribution in [2.24, 2.45) is 0 Å². The summed E-state index contributed by atoms with van der Waals surface area (Å²) in [7, 11) is 0. The number of hydrogen-bond acceptors (Lipinski definition) is 4. The average molecular weight is 571 g/mol. The van der Waals surface area contributed by atoms with Gasteiger partial charge in [-0.3, -0.25) is 14.5 Å². The van der Waals surface area contributed by atoms with Crippen LogP contribution < -0.4 is 4.74 Å². The van der Waals surface area contributed by atoms with Gasteiger partial charge in [0.15, 0.2) is 6.61 Å². The number of rotatable bonds is 13. The second-order valence-electron chi connectivity index (χ2n) is 7.37. The Morgan fingerprint density at radius 3 is 1.46 bits per heavy atom. The van der Waals surface area contributed by atoms with Gasteiger partial charge in [0.05, 0.1) is 13.1 Å². The van der Waals surface area contributed by atoms with Crippen molar-refractivity contribution in [2.75, 3.05) is 19.7 Å². The van der Waals surface area contributed by atoms with E-state index < -0.39 is 73.2 Å². The van der Waals surface area contributed by atoms with Crippen molar-refractivity contribution in [1.82, 2.24) is 4.90 Å². The molecular weight excluding hydrogens is 557 g/mol. The summed E-state index contributed by atoms with van der Waals surface area (Å²) in [5, 5.41) is 17.5. The lowest BCUT2D eigenvalue weighted by atomic mass is 9.94. The summed E-state index contributed by atoms with van der Waals surface area (Å²) in [5.41, 5.74) is 0.0903. The number of hydrogen-bond donors (Lipinski definition) is 2. The molecule has 0 atom stereocenters. The van der Waals surface area contributed by atoms with E-state index in [0.717, 1.165) is 17.0 Å². The highest BCUT2D eigenvalue weighted by Crippen LogP contribution is 2.60. The van der Waals surface area contributed by atoms with Gasteiger partial charge in [-0.25, -0.2) is 0 Å². The van der Waals surface area contributed by atoms with Crippen LogP contribution in [-0.4, -0.2) is 82.5 Å². The Hall–Kier alpha value is -2.99. The van der Waals surface area contributed by atoms with Gasteiger partial charge in [-0.1, -0.05) is 12.1 Å². The van der Waals surface area contributed by atoms with E-state index in [-0.39, 0.29) is 12.1 Å². The molecule has 0 radical (unpaired) electrons. The van der Waals surface area contributed by atoms with Crippen molar-refractivity contribution in [2.45, 2.75) is 42.3 Å². The van der Waals surface area contributed by atoms with Crippen LogP contribution in [0.15, 0.2) is 24.3 Å². The zero-order valence-electron chi connectivity index (χ0n) is 17.6. The molecule has 0 aromatic heterocycles. The Kier molecular flexibility index (Phi) is 9.01.